The fourth-order valence-corrected chi connectivity index (χ4v) is 4.18. The van der Waals surface area contributed by atoms with E-state index in [9.17, 15) is 9.59 Å². The van der Waals surface area contributed by atoms with E-state index >= 15 is 0 Å². The minimum Gasteiger partial charge on any atom is -0.482 e. The van der Waals surface area contributed by atoms with Gasteiger partial charge in [0, 0.05) is 24.0 Å². The van der Waals surface area contributed by atoms with Gasteiger partial charge in [-0.1, -0.05) is 77.8 Å². The highest BCUT2D eigenvalue weighted by molar-refractivity contribution is 6.35. The van der Waals surface area contributed by atoms with Gasteiger partial charge in [0.25, 0.3) is 5.91 Å². The Kier molecular flexibility index (Phi) is 9.58. The number of halogens is 2. The number of benzene rings is 3. The van der Waals surface area contributed by atoms with Crippen LogP contribution in [0.2, 0.25) is 10.0 Å². The number of ether oxygens (including phenoxy) is 1. The van der Waals surface area contributed by atoms with Gasteiger partial charge in [-0.05, 0) is 55.7 Å². The van der Waals surface area contributed by atoms with Gasteiger partial charge in [0.2, 0.25) is 5.91 Å². The van der Waals surface area contributed by atoms with Gasteiger partial charge in [-0.2, -0.15) is 0 Å². The second-order valence-corrected chi connectivity index (χ2v) is 9.52. The number of rotatable bonds is 10. The summed E-state index contributed by atoms with van der Waals surface area (Å²) < 4.78 is 5.75. The summed E-state index contributed by atoms with van der Waals surface area (Å²) in [5.41, 5.74) is 2.95. The van der Waals surface area contributed by atoms with Crippen LogP contribution in [-0.4, -0.2) is 35.4 Å². The molecule has 3 aromatic rings. The molecule has 2 amide bonds. The summed E-state index contributed by atoms with van der Waals surface area (Å²) in [6.07, 6.45) is 0.374. The second-order valence-electron chi connectivity index (χ2n) is 8.68. The molecule has 0 unspecified atom stereocenters. The van der Waals surface area contributed by atoms with Crippen LogP contribution in [-0.2, 0) is 22.6 Å². The second kappa shape index (κ2) is 12.6. The van der Waals surface area contributed by atoms with Gasteiger partial charge in [0.15, 0.2) is 6.61 Å². The molecule has 1 atom stereocenters. The molecule has 0 radical (unpaired) electrons. The van der Waals surface area contributed by atoms with E-state index in [1.807, 2.05) is 75.4 Å². The summed E-state index contributed by atoms with van der Waals surface area (Å²) in [5, 5.41) is 3.77. The van der Waals surface area contributed by atoms with Gasteiger partial charge in [-0.3, -0.25) is 9.59 Å². The maximum absolute atomic E-state index is 13.6. The minimum atomic E-state index is -0.726. The van der Waals surface area contributed by atoms with Crippen molar-refractivity contribution in [3.8, 4) is 5.75 Å². The van der Waals surface area contributed by atoms with Gasteiger partial charge in [0.05, 0.1) is 5.02 Å². The monoisotopic (exact) mass is 512 g/mol. The maximum Gasteiger partial charge on any atom is 0.261 e. The third-order valence-corrected chi connectivity index (χ3v) is 6.08. The van der Waals surface area contributed by atoms with Crippen LogP contribution >= 0.6 is 23.2 Å². The van der Waals surface area contributed by atoms with E-state index in [4.69, 9.17) is 27.9 Å². The number of nitrogens with one attached hydrogen (secondary N) is 1. The van der Waals surface area contributed by atoms with Crippen LogP contribution in [0, 0.1) is 6.92 Å². The Bertz CT molecular complexity index is 1150. The summed E-state index contributed by atoms with van der Waals surface area (Å²) in [5.74, 6) is -0.180. The predicted octanol–water partition coefficient (Wildman–Crippen LogP) is 5.85. The van der Waals surface area contributed by atoms with Crippen molar-refractivity contribution in [2.24, 2.45) is 0 Å². The molecule has 35 heavy (non-hydrogen) atoms. The van der Waals surface area contributed by atoms with Crippen LogP contribution in [0.3, 0.4) is 0 Å². The molecule has 0 aromatic heterocycles. The average Bonchev–Trinajstić information content (AvgIpc) is 2.82. The van der Waals surface area contributed by atoms with Crippen molar-refractivity contribution in [2.75, 3.05) is 6.61 Å². The first-order chi connectivity index (χ1) is 16.7. The van der Waals surface area contributed by atoms with Gasteiger partial charge in [-0.15, -0.1) is 0 Å². The molecule has 0 saturated carbocycles. The molecule has 184 valence electrons. The summed E-state index contributed by atoms with van der Waals surface area (Å²) in [6, 6.07) is 21.5. The van der Waals surface area contributed by atoms with Gasteiger partial charge in [-0.25, -0.2) is 0 Å². The maximum atomic E-state index is 13.6. The summed E-state index contributed by atoms with van der Waals surface area (Å²) in [7, 11) is 0. The topological polar surface area (TPSA) is 58.6 Å². The van der Waals surface area contributed by atoms with Crippen LogP contribution in [0.4, 0.5) is 0 Å². The minimum absolute atomic E-state index is 0.0692. The van der Waals surface area contributed by atoms with E-state index in [1.54, 1.807) is 23.1 Å². The van der Waals surface area contributed by atoms with Crippen molar-refractivity contribution < 1.29 is 14.3 Å². The van der Waals surface area contributed by atoms with Crippen LogP contribution in [0.15, 0.2) is 72.8 Å². The van der Waals surface area contributed by atoms with E-state index < -0.39 is 6.04 Å². The molecule has 1 N–H and O–H groups in total. The third-order valence-electron chi connectivity index (χ3n) is 5.55. The molecular weight excluding hydrogens is 483 g/mol. The SMILES string of the molecule is Cc1ccccc1CN(C(=O)COc1ccc(Cl)cc1Cl)[C@@H](Cc1ccccc1)C(=O)NC(C)C. The van der Waals surface area contributed by atoms with Crippen LogP contribution in [0.25, 0.3) is 0 Å². The smallest absolute Gasteiger partial charge is 0.261 e. The fraction of sp³-hybridized carbons (Fsp3) is 0.286. The molecule has 0 fully saturated rings. The van der Waals surface area contributed by atoms with E-state index in [-0.39, 0.29) is 31.0 Å². The Morgan fingerprint density at radius 2 is 1.66 bits per heavy atom. The molecule has 0 aliphatic rings. The van der Waals surface area contributed by atoms with Crippen molar-refractivity contribution >= 4 is 35.0 Å². The lowest BCUT2D eigenvalue weighted by molar-refractivity contribution is -0.143. The first-order valence-electron chi connectivity index (χ1n) is 11.5. The lowest BCUT2D eigenvalue weighted by atomic mass is 10.0. The first-order valence-corrected chi connectivity index (χ1v) is 12.3. The number of aryl methyl sites for hydroxylation is 1. The number of hydrogen-bond acceptors (Lipinski definition) is 3. The Morgan fingerprint density at radius 3 is 2.31 bits per heavy atom. The van der Waals surface area contributed by atoms with Gasteiger partial charge in [0.1, 0.15) is 11.8 Å². The molecule has 0 bridgehead atoms. The number of carbonyl (C=O) groups is 2. The van der Waals surface area contributed by atoms with E-state index in [1.165, 1.54) is 0 Å². The highest BCUT2D eigenvalue weighted by Crippen LogP contribution is 2.27. The molecular formula is C28H30Cl2N2O3. The molecule has 7 heteroatoms. The summed E-state index contributed by atoms with van der Waals surface area (Å²) >= 11 is 12.2. The number of hydrogen-bond donors (Lipinski definition) is 1. The van der Waals surface area contributed by atoms with Crippen molar-refractivity contribution in [3.63, 3.8) is 0 Å². The van der Waals surface area contributed by atoms with Crippen LogP contribution in [0.1, 0.15) is 30.5 Å². The Balaban J connectivity index is 1.93. The standard InChI is InChI=1S/C28H30Cl2N2O3/c1-19(2)31-28(34)25(15-21-10-5-4-6-11-21)32(17-22-12-8-7-9-20(22)3)27(33)18-35-26-14-13-23(29)16-24(26)30/h4-14,16,19,25H,15,17-18H2,1-3H3,(H,31,34)/t25-/m0/s1. The Morgan fingerprint density at radius 1 is 0.971 bits per heavy atom. The Labute approximate surface area is 217 Å². The number of nitrogens with zero attached hydrogens (tertiary/aromatic N) is 1. The first kappa shape index (κ1) is 26.6. The van der Waals surface area contributed by atoms with E-state index in [2.05, 4.69) is 5.32 Å². The normalized spacial score (nSPS) is 11.7. The molecule has 0 heterocycles. The van der Waals surface area contributed by atoms with Crippen molar-refractivity contribution in [3.05, 3.63) is 99.5 Å². The van der Waals surface area contributed by atoms with E-state index in [0.717, 1.165) is 16.7 Å². The predicted molar refractivity (Wildman–Crippen MR) is 141 cm³/mol. The van der Waals surface area contributed by atoms with E-state index in [0.29, 0.717) is 22.2 Å². The molecule has 3 rings (SSSR count). The van der Waals surface area contributed by atoms with Gasteiger partial charge >= 0.3 is 0 Å². The molecule has 0 spiro atoms. The molecule has 0 saturated heterocycles. The molecule has 3 aromatic carbocycles. The zero-order chi connectivity index (χ0) is 25.4. The lowest BCUT2D eigenvalue weighted by Crippen LogP contribution is -2.52. The number of carbonyl (C=O) groups excluding carboxylic acids is 2. The largest absolute Gasteiger partial charge is 0.482 e. The molecule has 0 aliphatic carbocycles. The lowest BCUT2D eigenvalue weighted by Gasteiger charge is -2.32. The van der Waals surface area contributed by atoms with Gasteiger partial charge < -0.3 is 15.0 Å². The highest BCUT2D eigenvalue weighted by Gasteiger charge is 2.31. The van der Waals surface area contributed by atoms with Crippen molar-refractivity contribution in [1.82, 2.24) is 10.2 Å². The summed E-state index contributed by atoms with van der Waals surface area (Å²) in [6.45, 7) is 5.79. The zero-order valence-electron chi connectivity index (χ0n) is 20.1. The van der Waals surface area contributed by atoms with Crippen LogP contribution in [0.5, 0.6) is 5.75 Å². The van der Waals surface area contributed by atoms with Crippen molar-refractivity contribution in [1.29, 1.82) is 0 Å². The quantitative estimate of drug-likeness (QED) is 0.370. The summed E-state index contributed by atoms with van der Waals surface area (Å²) in [4.78, 5) is 28.5. The zero-order valence-corrected chi connectivity index (χ0v) is 21.6. The average molecular weight is 513 g/mol. The highest BCUT2D eigenvalue weighted by atomic mass is 35.5. The Hall–Kier alpha value is -3.02. The number of amides is 2. The van der Waals surface area contributed by atoms with Crippen LogP contribution < -0.4 is 10.1 Å². The molecule has 0 aliphatic heterocycles. The third kappa shape index (κ3) is 7.74. The fourth-order valence-electron chi connectivity index (χ4n) is 3.72. The molecule has 5 nitrogen and oxygen atoms in total. The van der Waals surface area contributed by atoms with Crippen molar-refractivity contribution in [2.45, 2.75) is 45.8 Å².